The van der Waals surface area contributed by atoms with Crippen LogP contribution in [0.3, 0.4) is 0 Å². The van der Waals surface area contributed by atoms with Gasteiger partial charge in [-0.2, -0.15) is 0 Å². The number of carbonyl (C=O) groups excluding carboxylic acids is 3. The van der Waals surface area contributed by atoms with Gasteiger partial charge in [0.2, 0.25) is 17.7 Å². The van der Waals surface area contributed by atoms with Gasteiger partial charge in [-0.1, -0.05) is 50.6 Å². The quantitative estimate of drug-likeness (QED) is 0.416. The third kappa shape index (κ3) is 6.53. The van der Waals surface area contributed by atoms with Crippen LogP contribution in [0.2, 0.25) is 0 Å². The Hall–Kier alpha value is -2.94. The molecule has 9 nitrogen and oxygen atoms in total. The maximum atomic E-state index is 13.2. The van der Waals surface area contributed by atoms with Crippen LogP contribution < -0.4 is 16.4 Å². The molecule has 0 aromatic heterocycles. The highest BCUT2D eigenvalue weighted by Gasteiger charge is 2.39. The second kappa shape index (κ2) is 11.6. The lowest BCUT2D eigenvalue weighted by Gasteiger charge is -2.31. The maximum absolute atomic E-state index is 13.2. The van der Waals surface area contributed by atoms with Gasteiger partial charge in [-0.3, -0.25) is 14.4 Å². The lowest BCUT2D eigenvalue weighted by molar-refractivity contribution is -0.150. The molecule has 32 heavy (non-hydrogen) atoms. The molecule has 5 atom stereocenters. The topological polar surface area (TPSA) is 142 Å². The highest BCUT2D eigenvalue weighted by atomic mass is 16.4. The van der Waals surface area contributed by atoms with Crippen molar-refractivity contribution in [3.05, 3.63) is 35.9 Å². The second-order valence-corrected chi connectivity index (χ2v) is 8.44. The van der Waals surface area contributed by atoms with Gasteiger partial charge in [0, 0.05) is 13.0 Å². The van der Waals surface area contributed by atoms with Crippen LogP contribution in [0.15, 0.2) is 30.3 Å². The van der Waals surface area contributed by atoms with Crippen LogP contribution >= 0.6 is 0 Å². The smallest absolute Gasteiger partial charge is 0.326 e. The fraction of sp³-hybridized carbons (Fsp3) is 0.565. The van der Waals surface area contributed by atoms with Crippen molar-refractivity contribution >= 4 is 23.7 Å². The van der Waals surface area contributed by atoms with E-state index in [0.29, 0.717) is 25.8 Å². The van der Waals surface area contributed by atoms with Crippen molar-refractivity contribution in [3.8, 4) is 0 Å². The number of carboxylic acids is 1. The molecule has 0 aliphatic carbocycles. The molecule has 5 N–H and O–H groups in total. The molecule has 1 saturated heterocycles. The van der Waals surface area contributed by atoms with Crippen LogP contribution in [0.1, 0.15) is 45.6 Å². The van der Waals surface area contributed by atoms with Gasteiger partial charge in [-0.15, -0.1) is 0 Å². The van der Waals surface area contributed by atoms with Crippen LogP contribution in [-0.4, -0.2) is 64.4 Å². The molecule has 1 aliphatic rings. The predicted molar refractivity (Wildman–Crippen MR) is 119 cm³/mol. The Morgan fingerprint density at radius 2 is 1.78 bits per heavy atom. The highest BCUT2D eigenvalue weighted by molar-refractivity contribution is 5.94. The van der Waals surface area contributed by atoms with Gasteiger partial charge in [0.05, 0.1) is 6.04 Å². The van der Waals surface area contributed by atoms with E-state index in [1.165, 1.54) is 11.8 Å². The Balaban J connectivity index is 2.23. The van der Waals surface area contributed by atoms with Gasteiger partial charge in [0.25, 0.3) is 0 Å². The number of aliphatic carboxylic acids is 1. The van der Waals surface area contributed by atoms with Crippen molar-refractivity contribution in [3.63, 3.8) is 0 Å². The normalized spacial score (nSPS) is 19.5. The molecule has 176 valence electrons. The average Bonchev–Trinajstić information content (AvgIpc) is 3.26. The van der Waals surface area contributed by atoms with Crippen molar-refractivity contribution in [2.75, 3.05) is 6.54 Å². The standard InChI is InChI=1S/C23H34N4O5/c1-4-14(2)19(22(30)27-12-8-11-18(27)23(31)32)26-21(29)17(25-20(28)15(3)24)13-16-9-6-5-7-10-16/h5-7,9-10,14-15,17-19H,4,8,11-13,24H2,1-3H3,(H,25,28)(H,26,29)(H,31,32). The fourth-order valence-corrected chi connectivity index (χ4v) is 3.77. The predicted octanol–water partition coefficient (Wildman–Crippen LogP) is 0.668. The molecule has 0 bridgehead atoms. The van der Waals surface area contributed by atoms with E-state index in [1.807, 2.05) is 44.2 Å². The Morgan fingerprint density at radius 3 is 2.34 bits per heavy atom. The molecule has 1 aliphatic heterocycles. The van der Waals surface area contributed by atoms with Crippen LogP contribution in [0, 0.1) is 5.92 Å². The number of amides is 3. The summed E-state index contributed by atoms with van der Waals surface area (Å²) in [7, 11) is 0. The maximum Gasteiger partial charge on any atom is 0.326 e. The molecule has 1 heterocycles. The summed E-state index contributed by atoms with van der Waals surface area (Å²) >= 11 is 0. The Labute approximate surface area is 188 Å². The Morgan fingerprint density at radius 1 is 1.12 bits per heavy atom. The first-order chi connectivity index (χ1) is 15.1. The molecule has 5 unspecified atom stereocenters. The van der Waals surface area contributed by atoms with Gasteiger partial charge < -0.3 is 26.4 Å². The Kier molecular flexibility index (Phi) is 9.19. The van der Waals surface area contributed by atoms with Crippen molar-refractivity contribution in [1.29, 1.82) is 0 Å². The summed E-state index contributed by atoms with van der Waals surface area (Å²) in [5.41, 5.74) is 6.51. The van der Waals surface area contributed by atoms with E-state index in [9.17, 15) is 24.3 Å². The summed E-state index contributed by atoms with van der Waals surface area (Å²) in [6, 6.07) is 5.71. The molecule has 1 fully saturated rings. The van der Waals surface area contributed by atoms with Gasteiger partial charge in [-0.05, 0) is 31.2 Å². The zero-order valence-corrected chi connectivity index (χ0v) is 18.9. The molecule has 0 saturated carbocycles. The number of nitrogens with two attached hydrogens (primary N) is 1. The summed E-state index contributed by atoms with van der Waals surface area (Å²) in [6.45, 7) is 5.60. The molecule has 3 amide bonds. The minimum Gasteiger partial charge on any atom is -0.480 e. The molecule has 1 aromatic rings. The number of nitrogens with zero attached hydrogens (tertiary/aromatic N) is 1. The summed E-state index contributed by atoms with van der Waals surface area (Å²) in [5, 5.41) is 14.9. The van der Waals surface area contributed by atoms with Crippen molar-refractivity contribution in [1.82, 2.24) is 15.5 Å². The molecular weight excluding hydrogens is 412 g/mol. The SMILES string of the molecule is CCC(C)C(NC(=O)C(Cc1ccccc1)NC(=O)C(C)N)C(=O)N1CCCC1C(=O)O. The number of likely N-dealkylation sites (tertiary alicyclic amines) is 1. The highest BCUT2D eigenvalue weighted by Crippen LogP contribution is 2.21. The van der Waals surface area contributed by atoms with E-state index in [4.69, 9.17) is 5.73 Å². The monoisotopic (exact) mass is 446 g/mol. The fourth-order valence-electron chi connectivity index (χ4n) is 3.77. The van der Waals surface area contributed by atoms with Crippen molar-refractivity contribution < 1.29 is 24.3 Å². The van der Waals surface area contributed by atoms with E-state index in [1.54, 1.807) is 0 Å². The summed E-state index contributed by atoms with van der Waals surface area (Å²) in [4.78, 5) is 51.6. The first-order valence-electron chi connectivity index (χ1n) is 11.1. The number of rotatable bonds is 10. The number of carboxylic acid groups (broad SMARTS) is 1. The van der Waals surface area contributed by atoms with Crippen LogP contribution in [-0.2, 0) is 25.6 Å². The van der Waals surface area contributed by atoms with Crippen molar-refractivity contribution in [2.24, 2.45) is 11.7 Å². The second-order valence-electron chi connectivity index (χ2n) is 8.44. The lowest BCUT2D eigenvalue weighted by Crippen LogP contribution is -2.59. The molecular formula is C23H34N4O5. The van der Waals surface area contributed by atoms with Gasteiger partial charge >= 0.3 is 5.97 Å². The number of hydrogen-bond acceptors (Lipinski definition) is 5. The number of hydrogen-bond donors (Lipinski definition) is 4. The van der Waals surface area contributed by atoms with Crippen molar-refractivity contribution in [2.45, 2.75) is 70.6 Å². The van der Waals surface area contributed by atoms with Gasteiger partial charge in [0.1, 0.15) is 18.1 Å². The Bertz CT molecular complexity index is 814. The van der Waals surface area contributed by atoms with Crippen LogP contribution in [0.25, 0.3) is 0 Å². The van der Waals surface area contributed by atoms with E-state index in [2.05, 4.69) is 10.6 Å². The summed E-state index contributed by atoms with van der Waals surface area (Å²) in [6.07, 6.45) is 1.83. The largest absolute Gasteiger partial charge is 0.480 e. The summed E-state index contributed by atoms with van der Waals surface area (Å²) in [5.74, 6) is -2.65. The zero-order valence-electron chi connectivity index (χ0n) is 18.9. The van der Waals surface area contributed by atoms with Crippen LogP contribution in [0.5, 0.6) is 0 Å². The molecule has 0 radical (unpaired) electrons. The molecule has 9 heteroatoms. The van der Waals surface area contributed by atoms with E-state index >= 15 is 0 Å². The third-order valence-electron chi connectivity index (χ3n) is 5.93. The minimum absolute atomic E-state index is 0.219. The van der Waals surface area contributed by atoms with Gasteiger partial charge in [0.15, 0.2) is 0 Å². The average molecular weight is 447 g/mol. The van der Waals surface area contributed by atoms with Gasteiger partial charge in [-0.25, -0.2) is 4.79 Å². The van der Waals surface area contributed by atoms with E-state index in [-0.39, 0.29) is 12.3 Å². The summed E-state index contributed by atoms with van der Waals surface area (Å²) < 4.78 is 0. The number of carbonyl (C=O) groups is 4. The zero-order chi connectivity index (χ0) is 23.8. The van der Waals surface area contributed by atoms with E-state index < -0.39 is 47.9 Å². The van der Waals surface area contributed by atoms with E-state index in [0.717, 1.165) is 5.56 Å². The minimum atomic E-state index is -1.05. The third-order valence-corrected chi connectivity index (χ3v) is 5.93. The first kappa shape index (κ1) is 25.3. The number of nitrogens with one attached hydrogen (secondary N) is 2. The first-order valence-corrected chi connectivity index (χ1v) is 11.1. The molecule has 2 rings (SSSR count). The molecule has 0 spiro atoms. The van der Waals surface area contributed by atoms with Crippen LogP contribution in [0.4, 0.5) is 0 Å². The lowest BCUT2D eigenvalue weighted by atomic mass is 9.96. The number of benzene rings is 1. The molecule has 1 aromatic carbocycles.